The van der Waals surface area contributed by atoms with Crippen molar-refractivity contribution in [3.05, 3.63) is 48.7 Å². The van der Waals surface area contributed by atoms with Crippen molar-refractivity contribution in [2.75, 3.05) is 6.54 Å². The summed E-state index contributed by atoms with van der Waals surface area (Å²) in [5.41, 5.74) is 2.24. The van der Waals surface area contributed by atoms with Gasteiger partial charge in [0.25, 0.3) is 0 Å². The summed E-state index contributed by atoms with van der Waals surface area (Å²) < 4.78 is 0. The quantitative estimate of drug-likeness (QED) is 0.614. The summed E-state index contributed by atoms with van der Waals surface area (Å²) in [7, 11) is 0. The van der Waals surface area contributed by atoms with Gasteiger partial charge in [-0.15, -0.1) is 0 Å². The van der Waals surface area contributed by atoms with E-state index in [1.807, 2.05) is 31.2 Å². The molecule has 0 fully saturated rings. The number of rotatable bonds is 6. The zero-order valence-electron chi connectivity index (χ0n) is 8.64. The Kier molecular flexibility index (Phi) is 6.70. The Morgan fingerprint density at radius 3 is 2.62 bits per heavy atom. The van der Waals surface area contributed by atoms with Gasteiger partial charge in [-0.25, -0.2) is 0 Å². The number of hydrogen-bond donors (Lipinski definition) is 1. The van der Waals surface area contributed by atoms with Gasteiger partial charge in [0.05, 0.1) is 0 Å². The van der Waals surface area contributed by atoms with Crippen LogP contribution in [-0.4, -0.2) is 6.54 Å². The summed E-state index contributed by atoms with van der Waals surface area (Å²) in [6.45, 7) is 12.5. The summed E-state index contributed by atoms with van der Waals surface area (Å²) in [5, 5.41) is 3.22. The molecule has 0 aromatic carbocycles. The summed E-state index contributed by atoms with van der Waals surface area (Å²) in [4.78, 5) is 0. The highest BCUT2D eigenvalue weighted by Gasteiger charge is 1.90. The van der Waals surface area contributed by atoms with Crippen LogP contribution in [0.5, 0.6) is 0 Å². The van der Waals surface area contributed by atoms with Gasteiger partial charge in [-0.3, -0.25) is 0 Å². The van der Waals surface area contributed by atoms with Gasteiger partial charge >= 0.3 is 0 Å². The first kappa shape index (κ1) is 11.8. The van der Waals surface area contributed by atoms with Crippen molar-refractivity contribution in [1.82, 2.24) is 5.32 Å². The van der Waals surface area contributed by atoms with Gasteiger partial charge in [0, 0.05) is 12.2 Å². The van der Waals surface area contributed by atoms with Crippen molar-refractivity contribution >= 4 is 0 Å². The minimum Gasteiger partial charge on any atom is -0.385 e. The van der Waals surface area contributed by atoms with E-state index in [1.165, 1.54) is 5.57 Å². The molecule has 0 saturated heterocycles. The van der Waals surface area contributed by atoms with Crippen molar-refractivity contribution < 1.29 is 0 Å². The second-order valence-electron chi connectivity index (χ2n) is 2.78. The Morgan fingerprint density at radius 1 is 1.46 bits per heavy atom. The zero-order chi connectivity index (χ0) is 10.1. The molecule has 0 heterocycles. The molecule has 0 aliphatic rings. The van der Waals surface area contributed by atoms with E-state index in [9.17, 15) is 0 Å². The first-order valence-corrected chi connectivity index (χ1v) is 4.60. The minimum absolute atomic E-state index is 0.806. The van der Waals surface area contributed by atoms with E-state index in [1.54, 1.807) is 0 Å². The summed E-state index contributed by atoms with van der Waals surface area (Å²) in [6.07, 6.45) is 8.87. The Morgan fingerprint density at radius 2 is 2.15 bits per heavy atom. The molecular formula is C12H19N. The lowest BCUT2D eigenvalue weighted by Crippen LogP contribution is -2.14. The average Bonchev–Trinajstić information content (AvgIpc) is 2.17. The Balaban J connectivity index is 3.99. The van der Waals surface area contributed by atoms with E-state index in [-0.39, 0.29) is 0 Å². The highest BCUT2D eigenvalue weighted by atomic mass is 14.9. The largest absolute Gasteiger partial charge is 0.385 e. The fourth-order valence-corrected chi connectivity index (χ4v) is 0.771. The zero-order valence-corrected chi connectivity index (χ0v) is 8.64. The SMILES string of the molecule is C=C/C(=C\C=C/C)CNC(=C)CC. The number of hydrogen-bond acceptors (Lipinski definition) is 1. The molecule has 0 aromatic rings. The predicted octanol–water partition coefficient (Wildman–Crippen LogP) is 3.19. The van der Waals surface area contributed by atoms with Crippen molar-refractivity contribution in [2.24, 2.45) is 0 Å². The van der Waals surface area contributed by atoms with Gasteiger partial charge in [-0.05, 0) is 18.9 Å². The third-order valence-corrected chi connectivity index (χ3v) is 1.73. The topological polar surface area (TPSA) is 12.0 Å². The highest BCUT2D eigenvalue weighted by Crippen LogP contribution is 1.97. The molecule has 0 bridgehead atoms. The fourth-order valence-electron chi connectivity index (χ4n) is 0.771. The van der Waals surface area contributed by atoms with E-state index >= 15 is 0 Å². The van der Waals surface area contributed by atoms with Gasteiger partial charge < -0.3 is 5.32 Å². The summed E-state index contributed by atoms with van der Waals surface area (Å²) >= 11 is 0. The van der Waals surface area contributed by atoms with Crippen LogP contribution in [0, 0.1) is 0 Å². The lowest BCUT2D eigenvalue weighted by Gasteiger charge is -2.07. The average molecular weight is 177 g/mol. The standard InChI is InChI=1S/C12H19N/c1-5-8-9-12(7-3)10-13-11(4)6-2/h5,7-9,13H,3-4,6,10H2,1-2H3/b8-5-,12-9+. The first-order chi connectivity index (χ1) is 6.24. The van der Waals surface area contributed by atoms with Crippen LogP contribution in [0.3, 0.4) is 0 Å². The minimum atomic E-state index is 0.806. The highest BCUT2D eigenvalue weighted by molar-refractivity contribution is 5.24. The maximum Gasteiger partial charge on any atom is 0.0397 e. The number of nitrogens with one attached hydrogen (secondary N) is 1. The predicted molar refractivity (Wildman–Crippen MR) is 60.5 cm³/mol. The molecule has 1 N–H and O–H groups in total. The molecule has 0 unspecified atom stereocenters. The Bertz CT molecular complexity index is 221. The normalized spacial score (nSPS) is 11.7. The van der Waals surface area contributed by atoms with E-state index in [0.717, 1.165) is 18.7 Å². The molecular weight excluding hydrogens is 158 g/mol. The molecule has 13 heavy (non-hydrogen) atoms. The molecule has 0 aliphatic carbocycles. The van der Waals surface area contributed by atoms with Crippen LogP contribution in [0.25, 0.3) is 0 Å². The second-order valence-corrected chi connectivity index (χ2v) is 2.78. The van der Waals surface area contributed by atoms with Gasteiger partial charge in [-0.2, -0.15) is 0 Å². The van der Waals surface area contributed by atoms with Crippen LogP contribution < -0.4 is 5.32 Å². The van der Waals surface area contributed by atoms with E-state index in [2.05, 4.69) is 25.4 Å². The summed E-state index contributed by atoms with van der Waals surface area (Å²) in [6, 6.07) is 0. The maximum atomic E-state index is 3.87. The number of allylic oxidation sites excluding steroid dienone is 4. The van der Waals surface area contributed by atoms with Crippen molar-refractivity contribution in [1.29, 1.82) is 0 Å². The van der Waals surface area contributed by atoms with Crippen LogP contribution in [0.2, 0.25) is 0 Å². The Labute approximate surface area is 81.5 Å². The van der Waals surface area contributed by atoms with Gasteiger partial charge in [-0.1, -0.05) is 44.4 Å². The van der Waals surface area contributed by atoms with E-state index in [0.29, 0.717) is 0 Å². The summed E-state index contributed by atoms with van der Waals surface area (Å²) in [5.74, 6) is 0. The molecule has 0 saturated carbocycles. The Hall–Kier alpha value is -1.24. The molecule has 72 valence electrons. The van der Waals surface area contributed by atoms with Crippen LogP contribution in [0.1, 0.15) is 20.3 Å². The van der Waals surface area contributed by atoms with Gasteiger partial charge in [0.1, 0.15) is 0 Å². The van der Waals surface area contributed by atoms with Crippen LogP contribution >= 0.6 is 0 Å². The first-order valence-electron chi connectivity index (χ1n) is 4.60. The lowest BCUT2D eigenvalue weighted by atomic mass is 10.2. The van der Waals surface area contributed by atoms with Crippen LogP contribution in [0.4, 0.5) is 0 Å². The molecule has 1 nitrogen and oxygen atoms in total. The second kappa shape index (κ2) is 7.41. The van der Waals surface area contributed by atoms with E-state index in [4.69, 9.17) is 0 Å². The van der Waals surface area contributed by atoms with Crippen LogP contribution in [0.15, 0.2) is 48.7 Å². The lowest BCUT2D eigenvalue weighted by molar-refractivity contribution is 0.835. The van der Waals surface area contributed by atoms with E-state index < -0.39 is 0 Å². The van der Waals surface area contributed by atoms with Crippen molar-refractivity contribution in [3.8, 4) is 0 Å². The molecule has 1 heteroatoms. The smallest absolute Gasteiger partial charge is 0.0397 e. The third kappa shape index (κ3) is 5.97. The molecule has 0 spiro atoms. The maximum absolute atomic E-state index is 3.87. The molecule has 0 aromatic heterocycles. The van der Waals surface area contributed by atoms with Crippen LogP contribution in [-0.2, 0) is 0 Å². The molecule has 0 rings (SSSR count). The van der Waals surface area contributed by atoms with Crippen molar-refractivity contribution in [3.63, 3.8) is 0 Å². The molecule has 0 atom stereocenters. The molecule has 0 radical (unpaired) electrons. The monoisotopic (exact) mass is 177 g/mol. The van der Waals surface area contributed by atoms with Gasteiger partial charge in [0.2, 0.25) is 0 Å². The molecule has 0 aliphatic heterocycles. The third-order valence-electron chi connectivity index (χ3n) is 1.73. The fraction of sp³-hybridized carbons (Fsp3) is 0.333. The van der Waals surface area contributed by atoms with Crippen molar-refractivity contribution in [2.45, 2.75) is 20.3 Å². The molecule has 0 amide bonds. The van der Waals surface area contributed by atoms with Gasteiger partial charge in [0.15, 0.2) is 0 Å².